The van der Waals surface area contributed by atoms with Crippen molar-refractivity contribution in [1.82, 2.24) is 5.32 Å². The van der Waals surface area contributed by atoms with E-state index in [1.54, 1.807) is 12.1 Å². The van der Waals surface area contributed by atoms with Gasteiger partial charge in [0.05, 0.1) is 17.6 Å². The molecule has 0 unspecified atom stereocenters. The molecular formula is C29H44N2O6S. The number of hydrogen-bond acceptors (Lipinski definition) is 7. The Morgan fingerprint density at radius 1 is 1.08 bits per heavy atom. The topological polar surface area (TPSA) is 120 Å². The Morgan fingerprint density at radius 2 is 1.82 bits per heavy atom. The zero-order valence-electron chi connectivity index (χ0n) is 23.0. The van der Waals surface area contributed by atoms with Crippen LogP contribution in [0.1, 0.15) is 80.7 Å². The smallest absolute Gasteiger partial charge is 0.238 e. The van der Waals surface area contributed by atoms with Gasteiger partial charge in [0.25, 0.3) is 0 Å². The summed E-state index contributed by atoms with van der Waals surface area (Å²) in [7, 11) is -3.68. The number of fused-ring (bicyclic) bond motifs is 1. The zero-order chi connectivity index (χ0) is 27.6. The second kappa shape index (κ2) is 14.4. The Kier molecular flexibility index (Phi) is 11.6. The lowest BCUT2D eigenvalue weighted by atomic mass is 10.0. The first-order valence-corrected chi connectivity index (χ1v) is 15.1. The minimum absolute atomic E-state index is 0.211. The first kappa shape index (κ1) is 30.5. The van der Waals surface area contributed by atoms with E-state index in [1.165, 1.54) is 0 Å². The highest BCUT2D eigenvalue weighted by molar-refractivity contribution is 7.89. The third-order valence-corrected chi connectivity index (χ3v) is 7.87. The lowest BCUT2D eigenvalue weighted by Gasteiger charge is -2.33. The maximum atomic E-state index is 11.7. The van der Waals surface area contributed by atoms with E-state index in [0.29, 0.717) is 19.8 Å². The van der Waals surface area contributed by atoms with Gasteiger partial charge in [0, 0.05) is 39.2 Å². The van der Waals surface area contributed by atoms with Gasteiger partial charge >= 0.3 is 0 Å². The summed E-state index contributed by atoms with van der Waals surface area (Å²) in [5.74, 6) is 0.201. The van der Waals surface area contributed by atoms with Gasteiger partial charge in [-0.25, -0.2) is 13.6 Å². The maximum Gasteiger partial charge on any atom is 0.238 e. The molecule has 1 atom stereocenters. The molecule has 9 heteroatoms. The number of aryl methyl sites for hydroxylation is 1. The van der Waals surface area contributed by atoms with Crippen molar-refractivity contribution in [3.8, 4) is 5.75 Å². The molecule has 0 aromatic heterocycles. The molecule has 0 fully saturated rings. The number of aliphatic hydroxyl groups is 1. The van der Waals surface area contributed by atoms with Crippen molar-refractivity contribution < 1.29 is 27.7 Å². The number of benzene rings is 2. The quantitative estimate of drug-likeness (QED) is 0.264. The average Bonchev–Trinajstić information content (AvgIpc) is 2.86. The summed E-state index contributed by atoms with van der Waals surface area (Å²) in [5, 5.41) is 19.2. The van der Waals surface area contributed by atoms with E-state index in [9.17, 15) is 13.5 Å². The monoisotopic (exact) mass is 548 g/mol. The Bertz CT molecular complexity index is 1140. The third kappa shape index (κ3) is 9.63. The molecule has 4 N–H and O–H groups in total. The van der Waals surface area contributed by atoms with Crippen LogP contribution in [0.25, 0.3) is 0 Å². The van der Waals surface area contributed by atoms with Crippen LogP contribution in [0.4, 0.5) is 0 Å². The van der Waals surface area contributed by atoms with Gasteiger partial charge in [0.15, 0.2) is 0 Å². The number of ether oxygens (including phenoxy) is 3. The molecule has 38 heavy (non-hydrogen) atoms. The molecule has 0 amide bonds. The van der Waals surface area contributed by atoms with Gasteiger partial charge in [-0.2, -0.15) is 0 Å². The van der Waals surface area contributed by atoms with Gasteiger partial charge in [-0.3, -0.25) is 0 Å². The van der Waals surface area contributed by atoms with Crippen LogP contribution in [0.5, 0.6) is 5.75 Å². The standard InChI is InChI=1S/C29H44N2O6S/c1-22-23(12-10-13-28(22)38(30,33)34)11-6-9-18-35-17-8-5-4-7-16-31-20-26(32)24-14-15-27-25(19-24)21-36-29(2,3)37-27/h10,12-15,19,26,31-32H,4-9,11,16-18,20-21H2,1-3H3,(H2,30,33,34)/t26-/m0/s1. The SMILES string of the molecule is Cc1c(CCCCOCCCCCCNC[C@H](O)c2ccc3c(c2)COC(C)(C)O3)cccc1S(N)(=O)=O. The van der Waals surface area contributed by atoms with Crippen LogP contribution in [-0.4, -0.2) is 45.6 Å². The molecule has 1 aliphatic rings. The van der Waals surface area contributed by atoms with Gasteiger partial charge in [0.2, 0.25) is 15.8 Å². The van der Waals surface area contributed by atoms with Crippen molar-refractivity contribution >= 4 is 10.0 Å². The summed E-state index contributed by atoms with van der Waals surface area (Å²) in [6.45, 7) is 8.94. The number of hydrogen-bond donors (Lipinski definition) is 3. The predicted octanol–water partition coefficient (Wildman–Crippen LogP) is 4.51. The average molecular weight is 549 g/mol. The van der Waals surface area contributed by atoms with Crippen LogP contribution in [0, 0.1) is 6.92 Å². The normalized spacial score (nSPS) is 15.6. The Morgan fingerprint density at radius 3 is 2.58 bits per heavy atom. The molecule has 1 aliphatic heterocycles. The van der Waals surface area contributed by atoms with E-state index in [1.807, 2.05) is 45.0 Å². The Labute approximate surface area is 227 Å². The van der Waals surface area contributed by atoms with Crippen LogP contribution in [0.2, 0.25) is 0 Å². The Hall–Kier alpha value is -2.01. The van der Waals surface area contributed by atoms with E-state index in [-0.39, 0.29) is 4.90 Å². The van der Waals surface area contributed by atoms with E-state index in [2.05, 4.69) is 5.32 Å². The molecule has 2 aromatic rings. The molecule has 1 heterocycles. The lowest BCUT2D eigenvalue weighted by molar-refractivity contribution is -0.180. The number of nitrogens with two attached hydrogens (primary N) is 1. The highest BCUT2D eigenvalue weighted by Crippen LogP contribution is 2.32. The zero-order valence-corrected chi connectivity index (χ0v) is 23.8. The second-order valence-corrected chi connectivity index (χ2v) is 12.0. The van der Waals surface area contributed by atoms with Crippen molar-refractivity contribution in [3.05, 3.63) is 58.7 Å². The van der Waals surface area contributed by atoms with Crippen LogP contribution in [0.3, 0.4) is 0 Å². The summed E-state index contributed by atoms with van der Waals surface area (Å²) < 4.78 is 40.6. The first-order chi connectivity index (χ1) is 18.1. The van der Waals surface area contributed by atoms with Crippen molar-refractivity contribution in [2.45, 2.75) is 89.1 Å². The first-order valence-electron chi connectivity index (χ1n) is 13.6. The molecule has 0 saturated carbocycles. The number of primary sulfonamides is 1. The van der Waals surface area contributed by atoms with Crippen molar-refractivity contribution in [1.29, 1.82) is 0 Å². The second-order valence-electron chi connectivity index (χ2n) is 10.4. The fourth-order valence-corrected chi connectivity index (χ4v) is 5.42. The molecule has 3 rings (SSSR count). The molecule has 2 aromatic carbocycles. The number of sulfonamides is 1. The van der Waals surface area contributed by atoms with Crippen LogP contribution in [0.15, 0.2) is 41.3 Å². The largest absolute Gasteiger partial charge is 0.463 e. The van der Waals surface area contributed by atoms with Gasteiger partial charge < -0.3 is 24.6 Å². The number of nitrogens with one attached hydrogen (secondary N) is 1. The van der Waals surface area contributed by atoms with Crippen LogP contribution in [-0.2, 0) is 32.5 Å². The maximum absolute atomic E-state index is 11.7. The van der Waals surface area contributed by atoms with Crippen molar-refractivity contribution in [2.24, 2.45) is 5.14 Å². The number of unbranched alkanes of at least 4 members (excludes halogenated alkanes) is 4. The molecule has 0 spiro atoms. The predicted molar refractivity (Wildman–Crippen MR) is 149 cm³/mol. The number of rotatable bonds is 16. The van der Waals surface area contributed by atoms with Crippen LogP contribution < -0.4 is 15.2 Å². The van der Waals surface area contributed by atoms with Gasteiger partial charge in [-0.1, -0.05) is 31.0 Å². The van der Waals surface area contributed by atoms with Crippen molar-refractivity contribution in [2.75, 3.05) is 26.3 Å². The minimum atomic E-state index is -3.68. The minimum Gasteiger partial charge on any atom is -0.463 e. The fourth-order valence-electron chi connectivity index (χ4n) is 4.59. The molecular weight excluding hydrogens is 504 g/mol. The van der Waals surface area contributed by atoms with Gasteiger partial charge in [-0.15, -0.1) is 0 Å². The molecule has 0 bridgehead atoms. The van der Waals surface area contributed by atoms with Gasteiger partial charge in [0.1, 0.15) is 5.75 Å². The molecule has 8 nitrogen and oxygen atoms in total. The van der Waals surface area contributed by atoms with E-state index in [4.69, 9.17) is 19.3 Å². The summed E-state index contributed by atoms with van der Waals surface area (Å²) in [6, 6.07) is 11.1. The van der Waals surface area contributed by atoms with Crippen molar-refractivity contribution in [3.63, 3.8) is 0 Å². The molecule has 0 saturated heterocycles. The number of aliphatic hydroxyl groups excluding tert-OH is 1. The highest BCUT2D eigenvalue weighted by Gasteiger charge is 2.27. The van der Waals surface area contributed by atoms with Gasteiger partial charge in [-0.05, 0) is 80.5 Å². The molecule has 0 radical (unpaired) electrons. The molecule has 212 valence electrons. The molecule has 0 aliphatic carbocycles. The van der Waals surface area contributed by atoms with Crippen LogP contribution >= 0.6 is 0 Å². The summed E-state index contributed by atoms with van der Waals surface area (Å²) >= 11 is 0. The highest BCUT2D eigenvalue weighted by atomic mass is 32.2. The third-order valence-electron chi connectivity index (χ3n) is 6.82. The summed E-state index contributed by atoms with van der Waals surface area (Å²) in [6.07, 6.45) is 6.46. The fraction of sp³-hybridized carbons (Fsp3) is 0.586. The van der Waals surface area contributed by atoms with E-state index >= 15 is 0 Å². The Balaban J connectivity index is 1.18. The lowest BCUT2D eigenvalue weighted by Crippen LogP contribution is -2.35. The van der Waals surface area contributed by atoms with E-state index in [0.717, 1.165) is 86.1 Å². The summed E-state index contributed by atoms with van der Waals surface area (Å²) in [5.41, 5.74) is 3.60. The summed E-state index contributed by atoms with van der Waals surface area (Å²) in [4.78, 5) is 0.211. The van der Waals surface area contributed by atoms with E-state index < -0.39 is 21.9 Å².